The van der Waals surface area contributed by atoms with E-state index in [1.54, 1.807) is 30.9 Å². The quantitative estimate of drug-likeness (QED) is 0.890. The molecule has 0 aliphatic rings. The SMILES string of the molecule is CCOc1cc(C(O)c2nccn2C)ccc1OC(F)F. The van der Waals surface area contributed by atoms with E-state index >= 15 is 0 Å². The number of aromatic nitrogens is 2. The van der Waals surface area contributed by atoms with Crippen LogP contribution in [0.1, 0.15) is 24.4 Å². The van der Waals surface area contributed by atoms with Gasteiger partial charge in [0.2, 0.25) is 0 Å². The van der Waals surface area contributed by atoms with Crippen LogP contribution < -0.4 is 9.47 Å². The highest BCUT2D eigenvalue weighted by Crippen LogP contribution is 2.33. The molecule has 5 nitrogen and oxygen atoms in total. The molecule has 0 amide bonds. The molecular formula is C14H16F2N2O3. The van der Waals surface area contributed by atoms with Gasteiger partial charge in [0.1, 0.15) is 11.9 Å². The van der Waals surface area contributed by atoms with Gasteiger partial charge in [-0.25, -0.2) is 4.98 Å². The molecule has 0 bridgehead atoms. The summed E-state index contributed by atoms with van der Waals surface area (Å²) in [6, 6.07) is 4.32. The van der Waals surface area contributed by atoms with Crippen LogP contribution in [0.5, 0.6) is 11.5 Å². The first-order valence-electron chi connectivity index (χ1n) is 6.39. The highest BCUT2D eigenvalue weighted by atomic mass is 19.3. The van der Waals surface area contributed by atoms with Crippen molar-refractivity contribution in [2.45, 2.75) is 19.6 Å². The molecule has 1 heterocycles. The van der Waals surface area contributed by atoms with Crippen molar-refractivity contribution in [2.75, 3.05) is 6.61 Å². The number of benzene rings is 1. The second kappa shape index (κ2) is 6.53. The van der Waals surface area contributed by atoms with Crippen LogP contribution in [0.25, 0.3) is 0 Å². The second-order valence-corrected chi connectivity index (χ2v) is 4.32. The van der Waals surface area contributed by atoms with Gasteiger partial charge in [0.25, 0.3) is 0 Å². The molecule has 0 saturated carbocycles. The number of ether oxygens (including phenoxy) is 2. The first-order chi connectivity index (χ1) is 10.0. The third kappa shape index (κ3) is 3.49. The number of aliphatic hydroxyl groups is 1. The topological polar surface area (TPSA) is 56.5 Å². The highest BCUT2D eigenvalue weighted by Gasteiger charge is 2.18. The molecule has 1 N–H and O–H groups in total. The molecule has 0 fully saturated rings. The molecule has 2 aromatic rings. The maximum Gasteiger partial charge on any atom is 0.387 e. The van der Waals surface area contributed by atoms with Crippen molar-refractivity contribution < 1.29 is 23.4 Å². The van der Waals surface area contributed by atoms with Gasteiger partial charge < -0.3 is 19.1 Å². The number of aliphatic hydroxyl groups excluding tert-OH is 1. The predicted molar refractivity (Wildman–Crippen MR) is 71.5 cm³/mol. The lowest BCUT2D eigenvalue weighted by Crippen LogP contribution is -2.09. The van der Waals surface area contributed by atoms with Crippen LogP contribution in [0, 0.1) is 0 Å². The molecule has 21 heavy (non-hydrogen) atoms. The molecule has 2 rings (SSSR count). The Kier molecular flexibility index (Phi) is 4.74. The van der Waals surface area contributed by atoms with E-state index in [9.17, 15) is 13.9 Å². The van der Waals surface area contributed by atoms with E-state index in [4.69, 9.17) is 4.74 Å². The van der Waals surface area contributed by atoms with Gasteiger partial charge in [-0.3, -0.25) is 0 Å². The molecule has 0 aliphatic heterocycles. The van der Waals surface area contributed by atoms with Gasteiger partial charge in [-0.05, 0) is 24.6 Å². The van der Waals surface area contributed by atoms with Crippen LogP contribution in [0.3, 0.4) is 0 Å². The Hall–Kier alpha value is -2.15. The number of rotatable bonds is 6. The monoisotopic (exact) mass is 298 g/mol. The van der Waals surface area contributed by atoms with Crippen molar-refractivity contribution in [2.24, 2.45) is 7.05 Å². The second-order valence-electron chi connectivity index (χ2n) is 4.32. The van der Waals surface area contributed by atoms with E-state index in [1.165, 1.54) is 18.2 Å². The van der Waals surface area contributed by atoms with Gasteiger partial charge in [0.05, 0.1) is 6.61 Å². The summed E-state index contributed by atoms with van der Waals surface area (Å²) in [5.74, 6) is 0.533. The fraction of sp³-hybridized carbons (Fsp3) is 0.357. The standard InChI is InChI=1S/C14H16F2N2O3/c1-3-20-11-8-9(4-5-10(11)21-14(15)16)12(19)13-17-6-7-18(13)2/h4-8,12,14,19H,3H2,1-2H3. The van der Waals surface area contributed by atoms with E-state index in [0.29, 0.717) is 18.0 Å². The Morgan fingerprint density at radius 1 is 1.33 bits per heavy atom. The zero-order chi connectivity index (χ0) is 15.4. The number of nitrogens with zero attached hydrogens (tertiary/aromatic N) is 2. The fourth-order valence-electron chi connectivity index (χ4n) is 1.95. The molecule has 114 valence electrons. The average molecular weight is 298 g/mol. The molecule has 1 atom stereocenters. The Balaban J connectivity index is 2.33. The summed E-state index contributed by atoms with van der Waals surface area (Å²) in [6.45, 7) is -0.912. The van der Waals surface area contributed by atoms with Crippen molar-refractivity contribution in [1.29, 1.82) is 0 Å². The summed E-state index contributed by atoms with van der Waals surface area (Å²) in [6.07, 6.45) is 2.29. The minimum absolute atomic E-state index is 0.0670. The van der Waals surface area contributed by atoms with Crippen molar-refractivity contribution >= 4 is 0 Å². The molecule has 1 aromatic heterocycles. The molecule has 0 aliphatic carbocycles. The Morgan fingerprint density at radius 2 is 2.10 bits per heavy atom. The summed E-state index contributed by atoms with van der Waals surface area (Å²) < 4.78 is 36.0. The normalized spacial score (nSPS) is 12.5. The summed E-state index contributed by atoms with van der Waals surface area (Å²) in [5, 5.41) is 10.3. The lowest BCUT2D eigenvalue weighted by atomic mass is 10.1. The highest BCUT2D eigenvalue weighted by molar-refractivity contribution is 5.44. The third-order valence-corrected chi connectivity index (χ3v) is 2.90. The number of alkyl halides is 2. The van der Waals surface area contributed by atoms with E-state index in [-0.39, 0.29) is 11.5 Å². The lowest BCUT2D eigenvalue weighted by Gasteiger charge is -2.15. The number of hydrogen-bond donors (Lipinski definition) is 1. The minimum atomic E-state index is -2.94. The van der Waals surface area contributed by atoms with Gasteiger partial charge in [-0.15, -0.1) is 0 Å². The fourth-order valence-corrected chi connectivity index (χ4v) is 1.95. The van der Waals surface area contributed by atoms with Crippen molar-refractivity contribution in [3.8, 4) is 11.5 Å². The molecule has 7 heteroatoms. The Morgan fingerprint density at radius 3 is 2.67 bits per heavy atom. The number of hydrogen-bond acceptors (Lipinski definition) is 4. The van der Waals surface area contributed by atoms with Crippen LogP contribution >= 0.6 is 0 Å². The number of aryl methyl sites for hydroxylation is 1. The van der Waals surface area contributed by atoms with Crippen molar-refractivity contribution in [1.82, 2.24) is 9.55 Å². The van der Waals surface area contributed by atoms with Gasteiger partial charge in [-0.2, -0.15) is 8.78 Å². The van der Waals surface area contributed by atoms with Gasteiger partial charge >= 0.3 is 6.61 Å². The summed E-state index contributed by atoms with van der Waals surface area (Å²) >= 11 is 0. The van der Waals surface area contributed by atoms with E-state index in [1.807, 2.05) is 0 Å². The van der Waals surface area contributed by atoms with Crippen LogP contribution in [0.4, 0.5) is 8.78 Å². The summed E-state index contributed by atoms with van der Waals surface area (Å²) in [5.41, 5.74) is 0.481. The smallest absolute Gasteiger partial charge is 0.387 e. The molecule has 1 unspecified atom stereocenters. The van der Waals surface area contributed by atoms with Crippen molar-refractivity contribution in [3.05, 3.63) is 42.0 Å². The zero-order valence-electron chi connectivity index (χ0n) is 11.7. The summed E-state index contributed by atoms with van der Waals surface area (Å²) in [4.78, 5) is 4.06. The zero-order valence-corrected chi connectivity index (χ0v) is 11.7. The van der Waals surface area contributed by atoms with Crippen LogP contribution in [-0.2, 0) is 7.05 Å². The molecule has 0 spiro atoms. The third-order valence-electron chi connectivity index (χ3n) is 2.90. The van der Waals surface area contributed by atoms with E-state index < -0.39 is 12.7 Å². The summed E-state index contributed by atoms with van der Waals surface area (Å²) in [7, 11) is 1.75. The van der Waals surface area contributed by atoms with E-state index in [2.05, 4.69) is 9.72 Å². The van der Waals surface area contributed by atoms with E-state index in [0.717, 1.165) is 0 Å². The van der Waals surface area contributed by atoms with Gasteiger partial charge in [0.15, 0.2) is 11.5 Å². The first kappa shape index (κ1) is 15.2. The average Bonchev–Trinajstić information content (AvgIpc) is 2.86. The minimum Gasteiger partial charge on any atom is -0.490 e. The Labute approximate surface area is 120 Å². The first-order valence-corrected chi connectivity index (χ1v) is 6.39. The maximum absolute atomic E-state index is 12.3. The molecule has 0 radical (unpaired) electrons. The van der Waals surface area contributed by atoms with Crippen LogP contribution in [0.15, 0.2) is 30.6 Å². The maximum atomic E-state index is 12.3. The number of imidazole rings is 1. The van der Waals surface area contributed by atoms with Gasteiger partial charge in [-0.1, -0.05) is 6.07 Å². The van der Waals surface area contributed by atoms with Gasteiger partial charge in [0, 0.05) is 19.4 Å². The molecule has 1 aromatic carbocycles. The lowest BCUT2D eigenvalue weighted by molar-refractivity contribution is -0.0514. The number of halogens is 2. The Bertz CT molecular complexity index is 602. The molecular weight excluding hydrogens is 282 g/mol. The van der Waals surface area contributed by atoms with Crippen molar-refractivity contribution in [3.63, 3.8) is 0 Å². The molecule has 0 saturated heterocycles. The van der Waals surface area contributed by atoms with Crippen LogP contribution in [-0.4, -0.2) is 27.9 Å². The van der Waals surface area contributed by atoms with Crippen LogP contribution in [0.2, 0.25) is 0 Å². The largest absolute Gasteiger partial charge is 0.490 e. The predicted octanol–water partition coefficient (Wildman–Crippen LogP) is 2.50.